The van der Waals surface area contributed by atoms with Crippen molar-refractivity contribution in [3.63, 3.8) is 0 Å². The minimum absolute atomic E-state index is 0.0945. The van der Waals surface area contributed by atoms with E-state index in [-0.39, 0.29) is 5.76 Å². The zero-order valence-corrected chi connectivity index (χ0v) is 15.3. The van der Waals surface area contributed by atoms with Gasteiger partial charge in [-0.05, 0) is 68.5 Å². The Hall–Kier alpha value is -3.09. The molecule has 0 bridgehead atoms. The lowest BCUT2D eigenvalue weighted by molar-refractivity contribution is -0.154. The Labute approximate surface area is 157 Å². The third-order valence-electron chi connectivity index (χ3n) is 4.47. The Morgan fingerprint density at radius 2 is 1.89 bits per heavy atom. The monoisotopic (exact) mass is 370 g/mol. The average Bonchev–Trinajstić information content (AvgIpc) is 3.32. The lowest BCUT2D eigenvalue weighted by Gasteiger charge is -2.17. The number of furan rings is 1. The van der Waals surface area contributed by atoms with Crippen LogP contribution in [0.1, 0.15) is 41.9 Å². The molecule has 0 saturated heterocycles. The number of anilines is 1. The highest BCUT2D eigenvalue weighted by atomic mass is 16.5. The number of rotatable bonds is 6. The molecule has 1 aromatic heterocycles. The number of aryl methyl sites for hydroxylation is 2. The molecule has 3 rings (SSSR count). The summed E-state index contributed by atoms with van der Waals surface area (Å²) in [5, 5.41) is 5.23. The van der Waals surface area contributed by atoms with Crippen molar-refractivity contribution in [2.75, 3.05) is 5.32 Å². The van der Waals surface area contributed by atoms with E-state index < -0.39 is 29.9 Å². The minimum atomic E-state index is -0.992. The second-order valence-corrected chi connectivity index (χ2v) is 6.58. The summed E-state index contributed by atoms with van der Waals surface area (Å²) >= 11 is 0. The van der Waals surface area contributed by atoms with Crippen molar-refractivity contribution in [1.29, 1.82) is 0 Å². The van der Waals surface area contributed by atoms with E-state index in [0.29, 0.717) is 5.69 Å². The summed E-state index contributed by atoms with van der Waals surface area (Å²) in [5.74, 6) is -1.56. The quantitative estimate of drug-likeness (QED) is 0.761. The fourth-order valence-electron chi connectivity index (χ4n) is 2.96. The highest BCUT2D eigenvalue weighted by Crippen LogP contribution is 2.25. The van der Waals surface area contributed by atoms with Gasteiger partial charge in [-0.3, -0.25) is 9.59 Å². The van der Waals surface area contributed by atoms with E-state index in [4.69, 9.17) is 9.15 Å². The smallest absolute Gasteiger partial charge is 0.329 e. The zero-order valence-electron chi connectivity index (χ0n) is 15.3. The third-order valence-corrected chi connectivity index (χ3v) is 4.47. The molecule has 0 spiro atoms. The molecule has 0 unspecified atom stereocenters. The molecule has 0 saturated carbocycles. The summed E-state index contributed by atoms with van der Waals surface area (Å²) in [5.41, 5.74) is 3.24. The van der Waals surface area contributed by atoms with Gasteiger partial charge in [0.15, 0.2) is 11.9 Å². The van der Waals surface area contributed by atoms with Crippen molar-refractivity contribution < 1.29 is 23.5 Å². The summed E-state index contributed by atoms with van der Waals surface area (Å²) in [6, 6.07) is 7.96. The molecule has 142 valence electrons. The molecule has 1 heterocycles. The second-order valence-electron chi connectivity index (χ2n) is 6.58. The molecule has 0 fully saturated rings. The van der Waals surface area contributed by atoms with E-state index in [9.17, 15) is 14.4 Å². The minimum Gasteiger partial charge on any atom is -0.459 e. The Balaban J connectivity index is 1.51. The van der Waals surface area contributed by atoms with Crippen LogP contribution in [0.5, 0.6) is 0 Å². The van der Waals surface area contributed by atoms with E-state index in [0.717, 1.165) is 19.3 Å². The molecule has 1 aliphatic carbocycles. The Morgan fingerprint density at radius 3 is 2.63 bits per heavy atom. The predicted molar refractivity (Wildman–Crippen MR) is 98.3 cm³/mol. The summed E-state index contributed by atoms with van der Waals surface area (Å²) < 4.78 is 10.1. The second kappa shape index (κ2) is 8.07. The van der Waals surface area contributed by atoms with Crippen LogP contribution in [0.15, 0.2) is 41.0 Å². The number of amides is 2. The van der Waals surface area contributed by atoms with Crippen LogP contribution in [-0.2, 0) is 27.2 Å². The number of fused-ring (bicyclic) bond motifs is 1. The molecule has 7 heteroatoms. The first-order valence-corrected chi connectivity index (χ1v) is 8.91. The molecule has 0 aliphatic heterocycles. The summed E-state index contributed by atoms with van der Waals surface area (Å²) in [4.78, 5) is 36.3. The van der Waals surface area contributed by atoms with E-state index in [1.165, 1.54) is 37.3 Å². The van der Waals surface area contributed by atoms with Crippen LogP contribution in [0.2, 0.25) is 0 Å². The summed E-state index contributed by atoms with van der Waals surface area (Å²) in [6.45, 7) is 2.97. The Kier molecular flexibility index (Phi) is 5.59. The van der Waals surface area contributed by atoms with Crippen LogP contribution in [-0.4, -0.2) is 29.9 Å². The lowest BCUT2D eigenvalue weighted by atomic mass is 10.1. The first kappa shape index (κ1) is 18.7. The highest BCUT2D eigenvalue weighted by Gasteiger charge is 2.24. The van der Waals surface area contributed by atoms with Crippen molar-refractivity contribution >= 4 is 23.5 Å². The fraction of sp³-hybridized carbons (Fsp3) is 0.350. The Morgan fingerprint density at radius 1 is 1.11 bits per heavy atom. The van der Waals surface area contributed by atoms with Gasteiger partial charge >= 0.3 is 5.97 Å². The number of hydrogen-bond acceptors (Lipinski definition) is 5. The van der Waals surface area contributed by atoms with Crippen LogP contribution >= 0.6 is 0 Å². The Bertz CT molecular complexity index is 844. The first-order chi connectivity index (χ1) is 12.9. The summed E-state index contributed by atoms with van der Waals surface area (Å²) in [7, 11) is 0. The number of benzene rings is 1. The van der Waals surface area contributed by atoms with Gasteiger partial charge in [0.1, 0.15) is 6.04 Å². The molecular formula is C20H22N2O5. The van der Waals surface area contributed by atoms with Crippen molar-refractivity contribution in [2.45, 2.75) is 45.3 Å². The zero-order chi connectivity index (χ0) is 19.4. The van der Waals surface area contributed by atoms with Crippen LogP contribution in [0.25, 0.3) is 0 Å². The number of hydrogen-bond donors (Lipinski definition) is 2. The molecule has 2 N–H and O–H groups in total. The molecule has 1 aromatic carbocycles. The molecule has 2 aromatic rings. The molecule has 27 heavy (non-hydrogen) atoms. The standard InChI is InChI=1S/C20H22N2O5/c1-12(21-19(24)17-7-4-10-26-17)20(25)27-13(2)18(23)22-16-9-8-14-5-3-6-15(14)11-16/h4,7-13H,3,5-6H2,1-2H3,(H,21,24)(H,22,23)/t12-,13-/m0/s1. The van der Waals surface area contributed by atoms with Gasteiger partial charge in [0.25, 0.3) is 11.8 Å². The normalized spacial score (nSPS) is 14.7. The SMILES string of the molecule is C[C@H](NC(=O)c1ccco1)C(=O)O[C@@H](C)C(=O)Nc1ccc2c(c1)CCC2. The first-order valence-electron chi connectivity index (χ1n) is 8.91. The van der Waals surface area contributed by atoms with E-state index in [2.05, 4.69) is 10.6 Å². The lowest BCUT2D eigenvalue weighted by Crippen LogP contribution is -2.42. The summed E-state index contributed by atoms with van der Waals surface area (Å²) in [6.07, 6.45) is 3.58. The maximum atomic E-state index is 12.3. The van der Waals surface area contributed by atoms with Gasteiger partial charge in [0, 0.05) is 5.69 Å². The van der Waals surface area contributed by atoms with Crippen molar-refractivity contribution in [3.8, 4) is 0 Å². The number of carbonyl (C=O) groups is 3. The number of nitrogens with one attached hydrogen (secondary N) is 2. The maximum Gasteiger partial charge on any atom is 0.329 e. The molecule has 2 amide bonds. The third kappa shape index (κ3) is 4.55. The van der Waals surface area contributed by atoms with Gasteiger partial charge in [-0.1, -0.05) is 6.07 Å². The molecular weight excluding hydrogens is 348 g/mol. The number of esters is 1. The van der Waals surface area contributed by atoms with Crippen molar-refractivity contribution in [1.82, 2.24) is 5.32 Å². The van der Waals surface area contributed by atoms with E-state index in [1.54, 1.807) is 6.07 Å². The van der Waals surface area contributed by atoms with Gasteiger partial charge < -0.3 is 19.8 Å². The van der Waals surface area contributed by atoms with E-state index in [1.807, 2.05) is 18.2 Å². The van der Waals surface area contributed by atoms with Crippen LogP contribution in [0, 0.1) is 0 Å². The molecule has 2 atom stereocenters. The van der Waals surface area contributed by atoms with Gasteiger partial charge in [-0.2, -0.15) is 0 Å². The largest absolute Gasteiger partial charge is 0.459 e. The van der Waals surface area contributed by atoms with Crippen LogP contribution in [0.3, 0.4) is 0 Å². The van der Waals surface area contributed by atoms with Crippen LogP contribution < -0.4 is 10.6 Å². The molecule has 0 radical (unpaired) electrons. The van der Waals surface area contributed by atoms with Crippen molar-refractivity contribution in [2.24, 2.45) is 0 Å². The number of ether oxygens (including phenoxy) is 1. The fourth-order valence-corrected chi connectivity index (χ4v) is 2.96. The van der Waals surface area contributed by atoms with Gasteiger partial charge in [-0.15, -0.1) is 0 Å². The maximum absolute atomic E-state index is 12.3. The average molecular weight is 370 g/mol. The van der Waals surface area contributed by atoms with Gasteiger partial charge in [0.05, 0.1) is 6.26 Å². The molecule has 1 aliphatic rings. The number of carbonyl (C=O) groups excluding carboxylic acids is 3. The van der Waals surface area contributed by atoms with Crippen LogP contribution in [0.4, 0.5) is 5.69 Å². The van der Waals surface area contributed by atoms with Gasteiger partial charge in [-0.25, -0.2) is 4.79 Å². The highest BCUT2D eigenvalue weighted by molar-refractivity contribution is 5.97. The molecule has 7 nitrogen and oxygen atoms in total. The van der Waals surface area contributed by atoms with Gasteiger partial charge in [0.2, 0.25) is 0 Å². The van der Waals surface area contributed by atoms with Crippen molar-refractivity contribution in [3.05, 3.63) is 53.5 Å². The van der Waals surface area contributed by atoms with E-state index >= 15 is 0 Å². The topological polar surface area (TPSA) is 97.6 Å². The predicted octanol–water partition coefficient (Wildman–Crippen LogP) is 2.46.